The fourth-order valence-electron chi connectivity index (χ4n) is 3.72. The van der Waals surface area contributed by atoms with E-state index in [1.165, 1.54) is 12.8 Å². The molecular weight excluding hydrogens is 260 g/mol. The van der Waals surface area contributed by atoms with Crippen LogP contribution in [0.4, 0.5) is 0 Å². The van der Waals surface area contributed by atoms with Gasteiger partial charge in [0.1, 0.15) is 0 Å². The van der Waals surface area contributed by atoms with Crippen molar-refractivity contribution in [2.75, 3.05) is 0 Å². The maximum Gasteiger partial charge on any atom is 0.0669 e. The van der Waals surface area contributed by atoms with Crippen LogP contribution in [0.25, 0.3) is 0 Å². The third-order valence-electron chi connectivity index (χ3n) is 4.69. The predicted molar refractivity (Wildman–Crippen MR) is 92.4 cm³/mol. The Balaban J connectivity index is 5.63. The molecule has 2 N–H and O–H groups in total. The van der Waals surface area contributed by atoms with E-state index >= 15 is 0 Å². The van der Waals surface area contributed by atoms with Crippen molar-refractivity contribution in [3.63, 3.8) is 0 Å². The van der Waals surface area contributed by atoms with Crippen molar-refractivity contribution < 1.29 is 10.2 Å². The molecule has 0 saturated heterocycles. The van der Waals surface area contributed by atoms with Crippen molar-refractivity contribution >= 4 is 0 Å². The van der Waals surface area contributed by atoms with E-state index in [9.17, 15) is 10.2 Å². The fourth-order valence-corrected chi connectivity index (χ4v) is 3.72. The average Bonchev–Trinajstić information content (AvgIpc) is 2.34. The molecule has 2 nitrogen and oxygen atoms in total. The standard InChI is InChI=1S/C19H40O2/c1-9-11-12-14-19(13-10-2,15(20)17(3,4)5)16(21)18(6,7)8/h15-16,20-21H,9-14H2,1-8H3. The molecule has 0 spiro atoms. The van der Waals surface area contributed by atoms with E-state index in [1.54, 1.807) is 0 Å². The first-order valence-electron chi connectivity index (χ1n) is 8.79. The summed E-state index contributed by atoms with van der Waals surface area (Å²) >= 11 is 0. The Morgan fingerprint density at radius 3 is 1.38 bits per heavy atom. The van der Waals surface area contributed by atoms with Gasteiger partial charge in [0.15, 0.2) is 0 Å². The van der Waals surface area contributed by atoms with Crippen LogP contribution in [0.2, 0.25) is 0 Å². The molecule has 21 heavy (non-hydrogen) atoms. The Kier molecular flexibility index (Phi) is 7.94. The monoisotopic (exact) mass is 300 g/mol. The van der Waals surface area contributed by atoms with Gasteiger partial charge in [-0.05, 0) is 23.7 Å². The van der Waals surface area contributed by atoms with E-state index in [0.717, 1.165) is 25.7 Å². The molecule has 0 aromatic rings. The molecule has 0 aromatic heterocycles. The number of rotatable bonds is 8. The minimum Gasteiger partial charge on any atom is -0.392 e. The molecule has 0 rings (SSSR count). The largest absolute Gasteiger partial charge is 0.392 e. The number of unbranched alkanes of at least 4 members (excludes halogenated alkanes) is 2. The summed E-state index contributed by atoms with van der Waals surface area (Å²) < 4.78 is 0. The molecule has 0 heterocycles. The number of hydrogen-bond donors (Lipinski definition) is 2. The highest BCUT2D eigenvalue weighted by atomic mass is 16.3. The summed E-state index contributed by atoms with van der Waals surface area (Å²) in [6, 6.07) is 0. The van der Waals surface area contributed by atoms with Crippen LogP contribution in [0.3, 0.4) is 0 Å². The molecule has 0 aliphatic heterocycles. The zero-order valence-corrected chi connectivity index (χ0v) is 15.8. The van der Waals surface area contributed by atoms with Crippen molar-refractivity contribution in [2.24, 2.45) is 16.2 Å². The van der Waals surface area contributed by atoms with Gasteiger partial charge >= 0.3 is 0 Å². The third-order valence-corrected chi connectivity index (χ3v) is 4.69. The van der Waals surface area contributed by atoms with Gasteiger partial charge in [-0.15, -0.1) is 0 Å². The molecule has 0 fully saturated rings. The smallest absolute Gasteiger partial charge is 0.0669 e. The minimum atomic E-state index is -0.490. The lowest BCUT2D eigenvalue weighted by atomic mass is 9.58. The van der Waals surface area contributed by atoms with E-state index in [2.05, 4.69) is 55.4 Å². The van der Waals surface area contributed by atoms with E-state index in [-0.39, 0.29) is 10.8 Å². The quantitative estimate of drug-likeness (QED) is 0.607. The summed E-state index contributed by atoms with van der Waals surface area (Å²) in [5.74, 6) is 0. The first-order valence-corrected chi connectivity index (χ1v) is 8.79. The molecule has 0 aliphatic rings. The van der Waals surface area contributed by atoms with Crippen LogP contribution in [0.1, 0.15) is 93.9 Å². The maximum absolute atomic E-state index is 11.1. The van der Waals surface area contributed by atoms with Gasteiger partial charge < -0.3 is 10.2 Å². The van der Waals surface area contributed by atoms with Crippen molar-refractivity contribution in [1.82, 2.24) is 0 Å². The highest BCUT2D eigenvalue weighted by molar-refractivity contribution is 5.00. The van der Waals surface area contributed by atoms with E-state index in [4.69, 9.17) is 0 Å². The normalized spacial score (nSPS) is 19.1. The second kappa shape index (κ2) is 7.97. The number of aliphatic hydroxyl groups excluding tert-OH is 2. The second-order valence-corrected chi connectivity index (χ2v) is 8.98. The summed E-state index contributed by atoms with van der Waals surface area (Å²) in [5, 5.41) is 22.2. The molecule has 2 atom stereocenters. The first kappa shape index (κ1) is 20.9. The average molecular weight is 301 g/mol. The van der Waals surface area contributed by atoms with Crippen LogP contribution < -0.4 is 0 Å². The highest BCUT2D eigenvalue weighted by Gasteiger charge is 2.51. The van der Waals surface area contributed by atoms with Gasteiger partial charge in [-0.1, -0.05) is 81.1 Å². The lowest BCUT2D eigenvalue weighted by molar-refractivity contribution is -0.156. The van der Waals surface area contributed by atoms with Gasteiger partial charge in [0.2, 0.25) is 0 Å². The Bertz CT molecular complexity index is 263. The zero-order chi connectivity index (χ0) is 16.9. The van der Waals surface area contributed by atoms with Crippen molar-refractivity contribution in [3.8, 4) is 0 Å². The van der Waals surface area contributed by atoms with Crippen molar-refractivity contribution in [1.29, 1.82) is 0 Å². The number of aliphatic hydroxyl groups is 2. The number of hydrogen-bond acceptors (Lipinski definition) is 2. The lowest BCUT2D eigenvalue weighted by Crippen LogP contribution is -2.55. The summed E-state index contributed by atoms with van der Waals surface area (Å²) in [7, 11) is 0. The van der Waals surface area contributed by atoms with Gasteiger partial charge in [0.05, 0.1) is 12.2 Å². The summed E-state index contributed by atoms with van der Waals surface area (Å²) in [5.41, 5.74) is -0.832. The molecule has 2 heteroatoms. The van der Waals surface area contributed by atoms with Crippen LogP contribution in [0.5, 0.6) is 0 Å². The van der Waals surface area contributed by atoms with E-state index in [1.807, 2.05) is 0 Å². The van der Waals surface area contributed by atoms with Crippen LogP contribution in [0, 0.1) is 16.2 Å². The van der Waals surface area contributed by atoms with Gasteiger partial charge in [0, 0.05) is 5.41 Å². The van der Waals surface area contributed by atoms with Gasteiger partial charge in [0.25, 0.3) is 0 Å². The molecule has 0 radical (unpaired) electrons. The first-order chi connectivity index (χ1) is 9.43. The van der Waals surface area contributed by atoms with E-state index < -0.39 is 17.6 Å². The fraction of sp³-hybridized carbons (Fsp3) is 1.00. The van der Waals surface area contributed by atoms with Crippen LogP contribution in [-0.4, -0.2) is 22.4 Å². The highest BCUT2D eigenvalue weighted by Crippen LogP contribution is 2.49. The second-order valence-electron chi connectivity index (χ2n) is 8.98. The predicted octanol–water partition coefficient (Wildman–Crippen LogP) is 5.17. The van der Waals surface area contributed by atoms with E-state index in [0.29, 0.717) is 0 Å². The van der Waals surface area contributed by atoms with Crippen LogP contribution >= 0.6 is 0 Å². The lowest BCUT2D eigenvalue weighted by Gasteiger charge is -2.51. The maximum atomic E-state index is 11.1. The Morgan fingerprint density at radius 2 is 1.10 bits per heavy atom. The Morgan fingerprint density at radius 1 is 0.667 bits per heavy atom. The molecule has 0 bridgehead atoms. The molecule has 0 aliphatic carbocycles. The molecule has 0 amide bonds. The SMILES string of the molecule is CCCCCC(CCC)(C(O)C(C)(C)C)C(O)C(C)(C)C. The van der Waals surface area contributed by atoms with Crippen molar-refractivity contribution in [3.05, 3.63) is 0 Å². The Hall–Kier alpha value is -0.0800. The molecular formula is C19H40O2. The summed E-state index contributed by atoms with van der Waals surface area (Å²) in [4.78, 5) is 0. The molecule has 0 aromatic carbocycles. The minimum absolute atomic E-state index is 0.215. The topological polar surface area (TPSA) is 40.5 Å². The molecule has 128 valence electrons. The molecule has 0 saturated carbocycles. The molecule has 2 unspecified atom stereocenters. The van der Waals surface area contributed by atoms with Gasteiger partial charge in [-0.25, -0.2) is 0 Å². The zero-order valence-electron chi connectivity index (χ0n) is 15.8. The Labute approximate surface area is 133 Å². The van der Waals surface area contributed by atoms with Gasteiger partial charge in [-0.3, -0.25) is 0 Å². The van der Waals surface area contributed by atoms with Crippen molar-refractivity contribution in [2.45, 2.75) is 106 Å². The van der Waals surface area contributed by atoms with Crippen LogP contribution in [0.15, 0.2) is 0 Å². The van der Waals surface area contributed by atoms with Gasteiger partial charge in [-0.2, -0.15) is 0 Å². The summed E-state index contributed by atoms with van der Waals surface area (Å²) in [6.07, 6.45) is 5.22. The third kappa shape index (κ3) is 5.56. The summed E-state index contributed by atoms with van der Waals surface area (Å²) in [6.45, 7) is 16.8. The van der Waals surface area contributed by atoms with Crippen LogP contribution in [-0.2, 0) is 0 Å².